The topological polar surface area (TPSA) is 50.9 Å². The second kappa shape index (κ2) is 6.45. The van der Waals surface area contributed by atoms with E-state index >= 15 is 0 Å². The summed E-state index contributed by atoms with van der Waals surface area (Å²) in [5.41, 5.74) is 0.870. The van der Waals surface area contributed by atoms with E-state index in [4.69, 9.17) is 0 Å². The Labute approximate surface area is 165 Å². The number of aliphatic hydroxyl groups is 1. The fraction of sp³-hybridized carbons (Fsp3) is 0.273. The summed E-state index contributed by atoms with van der Waals surface area (Å²) in [7, 11) is 0.838. The van der Waals surface area contributed by atoms with Gasteiger partial charge in [-0.05, 0) is 12.1 Å². The minimum atomic E-state index is -0.504. The van der Waals surface area contributed by atoms with Gasteiger partial charge in [0.2, 0.25) is 0 Å². The average Bonchev–Trinajstić information content (AvgIpc) is 2.90. The summed E-state index contributed by atoms with van der Waals surface area (Å²) in [5.74, 6) is -0.892. The molecule has 3 rings (SSSR count). The number of fused-ring (bicyclic) bond motifs is 1. The van der Waals surface area contributed by atoms with Crippen LogP contribution in [0.5, 0.6) is 0 Å². The van der Waals surface area contributed by atoms with Crippen molar-refractivity contribution in [3.05, 3.63) is 42.2 Å². The van der Waals surface area contributed by atoms with Crippen molar-refractivity contribution in [3.8, 4) is 0 Å². The van der Waals surface area contributed by atoms with Gasteiger partial charge in [0.25, 0.3) is 0 Å². The zero-order chi connectivity index (χ0) is 11.8. The van der Waals surface area contributed by atoms with Crippen molar-refractivity contribution in [1.29, 1.82) is 0 Å². The van der Waals surface area contributed by atoms with Gasteiger partial charge in [-0.25, -0.2) is 9.37 Å². The summed E-state index contributed by atoms with van der Waals surface area (Å²) >= 11 is 0. The quantitative estimate of drug-likeness (QED) is 0.618. The van der Waals surface area contributed by atoms with Gasteiger partial charge in [0.1, 0.15) is 18.5 Å². The summed E-state index contributed by atoms with van der Waals surface area (Å²) in [6.45, 7) is 0.518. The van der Waals surface area contributed by atoms with Crippen LogP contribution in [0.2, 0.25) is 0 Å². The van der Waals surface area contributed by atoms with E-state index in [2.05, 4.69) is 10.1 Å². The predicted octanol–water partition coefficient (Wildman–Crippen LogP) is -1.89. The van der Waals surface area contributed by atoms with E-state index in [1.165, 1.54) is 18.5 Å². The zero-order valence-corrected chi connectivity index (χ0v) is 17.0. The van der Waals surface area contributed by atoms with Crippen LogP contribution in [-0.4, -0.2) is 25.7 Å². The minimum Gasteiger partial charge on any atom is -0.473 e. The third-order valence-electron chi connectivity index (χ3n) is 2.87. The summed E-state index contributed by atoms with van der Waals surface area (Å²) in [4.78, 5) is 3.86. The van der Waals surface area contributed by atoms with Gasteiger partial charge in [0.15, 0.2) is 0 Å². The Kier molecular flexibility index (Phi) is 5.42. The van der Waals surface area contributed by atoms with Crippen LogP contribution < -0.4 is 74.2 Å². The molecule has 2 aromatic rings. The molecule has 0 saturated heterocycles. The third kappa shape index (κ3) is 3.07. The van der Waals surface area contributed by atoms with Crippen LogP contribution in [-0.2, 0) is 6.54 Å². The Morgan fingerprint density at radius 3 is 3.00 bits per heavy atom. The van der Waals surface area contributed by atoms with Gasteiger partial charge in [-0.3, -0.25) is 4.68 Å². The van der Waals surface area contributed by atoms with Crippen molar-refractivity contribution in [3.63, 3.8) is 0 Å². The molecule has 1 aliphatic rings. The van der Waals surface area contributed by atoms with Crippen molar-refractivity contribution in [2.24, 2.45) is 0 Å². The van der Waals surface area contributed by atoms with Crippen molar-refractivity contribution in [1.82, 2.24) is 14.8 Å². The molecule has 88 valence electrons. The fourth-order valence-corrected chi connectivity index (χ4v) is 3.31. The number of aliphatic hydroxyl groups excluding tert-OH is 1. The summed E-state index contributed by atoms with van der Waals surface area (Å²) in [6.07, 6.45) is 3.05. The van der Waals surface area contributed by atoms with E-state index in [-0.39, 0.29) is 80.6 Å². The second-order valence-electron chi connectivity index (χ2n) is 3.97. The molecular formula is C11H10CsFN3OP. The van der Waals surface area contributed by atoms with E-state index < -0.39 is 5.85 Å². The molecule has 0 bridgehead atoms. The summed E-state index contributed by atoms with van der Waals surface area (Å²) in [5, 5.41) is 15.0. The van der Waals surface area contributed by atoms with Crippen LogP contribution in [0.25, 0.3) is 0 Å². The smallest absolute Gasteiger partial charge is 0.473 e. The Morgan fingerprint density at radius 2 is 2.28 bits per heavy atom. The van der Waals surface area contributed by atoms with E-state index in [0.717, 1.165) is 19.4 Å². The van der Waals surface area contributed by atoms with E-state index in [9.17, 15) is 9.50 Å². The summed E-state index contributed by atoms with van der Waals surface area (Å²) < 4.78 is 14.9. The van der Waals surface area contributed by atoms with Crippen LogP contribution in [0.3, 0.4) is 0 Å². The van der Waals surface area contributed by atoms with Gasteiger partial charge in [0, 0.05) is 12.5 Å². The molecule has 1 aromatic heterocycles. The molecule has 1 aliphatic heterocycles. The Bertz CT molecular complexity index is 537. The number of benzene rings is 1. The monoisotopic (exact) mass is 383 g/mol. The van der Waals surface area contributed by atoms with E-state index in [1.807, 2.05) is 0 Å². The van der Waals surface area contributed by atoms with Gasteiger partial charge in [-0.15, -0.1) is 0 Å². The molecule has 0 radical (unpaired) electrons. The molecule has 2 unspecified atom stereocenters. The number of nitrogens with zero attached hydrogens (tertiary/aromatic N) is 3. The first-order valence-corrected chi connectivity index (χ1v) is 6.21. The average molecular weight is 383 g/mol. The molecule has 0 spiro atoms. The fourth-order valence-electron chi connectivity index (χ4n) is 2.05. The first kappa shape index (κ1) is 15.1. The van der Waals surface area contributed by atoms with Gasteiger partial charge in [-0.2, -0.15) is 10.4 Å². The van der Waals surface area contributed by atoms with Gasteiger partial charge < -0.3 is 13.7 Å². The number of rotatable bonds is 2. The first-order chi connectivity index (χ1) is 8.24. The normalized spacial score (nSPS) is 22.8. The van der Waals surface area contributed by atoms with Crippen molar-refractivity contribution in [2.75, 3.05) is 0 Å². The van der Waals surface area contributed by atoms with Crippen LogP contribution in [0.15, 0.2) is 30.9 Å². The number of hydrogen-bond acceptors (Lipinski definition) is 3. The predicted molar refractivity (Wildman–Crippen MR) is 61.7 cm³/mol. The molecule has 1 aromatic carbocycles. The third-order valence-corrected chi connectivity index (χ3v) is 4.18. The molecule has 0 amide bonds. The van der Waals surface area contributed by atoms with Crippen LogP contribution in [0, 0.1) is 5.82 Å². The van der Waals surface area contributed by atoms with Gasteiger partial charge in [0.05, 0.1) is 0 Å². The van der Waals surface area contributed by atoms with Crippen molar-refractivity contribution >= 4 is 13.9 Å². The maximum atomic E-state index is 13.2. The van der Waals surface area contributed by atoms with Crippen molar-refractivity contribution in [2.45, 2.75) is 18.3 Å². The summed E-state index contributed by atoms with van der Waals surface area (Å²) in [6, 6.07) is 4.66. The van der Waals surface area contributed by atoms with Crippen LogP contribution in [0.1, 0.15) is 11.5 Å². The zero-order valence-electron chi connectivity index (χ0n) is 9.86. The molecule has 0 aliphatic carbocycles. The van der Waals surface area contributed by atoms with Gasteiger partial charge >= 0.3 is 68.9 Å². The number of aromatic nitrogens is 3. The Hall–Kier alpha value is 0.732. The molecule has 7 heteroatoms. The Morgan fingerprint density at radius 1 is 1.44 bits per heavy atom. The van der Waals surface area contributed by atoms with Crippen molar-refractivity contribution < 1.29 is 78.4 Å². The van der Waals surface area contributed by atoms with Gasteiger partial charge in [-0.1, -0.05) is 17.5 Å². The number of halogens is 1. The molecule has 0 saturated carbocycles. The molecule has 4 nitrogen and oxygen atoms in total. The first-order valence-electron chi connectivity index (χ1n) is 5.25. The largest absolute Gasteiger partial charge is 1.00 e. The maximum Gasteiger partial charge on any atom is 1.00 e. The molecule has 1 N–H and O–H groups in total. The SMILES string of the molecule is OC1[P-]c2ccc(F)cc2C1Cn1cncn1.[Cs+]. The number of hydrogen-bond donors (Lipinski definition) is 1. The van der Waals surface area contributed by atoms with Crippen LogP contribution in [0.4, 0.5) is 4.39 Å². The Balaban J connectivity index is 0.00000120. The minimum absolute atomic E-state index is 0. The molecule has 18 heavy (non-hydrogen) atoms. The molecule has 2 heterocycles. The molecule has 2 atom stereocenters. The maximum absolute atomic E-state index is 13.2. The van der Waals surface area contributed by atoms with Crippen LogP contribution >= 0.6 is 8.58 Å². The second-order valence-corrected chi connectivity index (χ2v) is 5.24. The molecular weight excluding hydrogens is 373 g/mol. The molecule has 0 fully saturated rings. The van der Waals surface area contributed by atoms with E-state index in [1.54, 1.807) is 17.1 Å². The van der Waals surface area contributed by atoms with E-state index in [0.29, 0.717) is 6.54 Å². The standard InChI is InChI=1S/C11H10FN3OP.Cs/c12-7-1-2-10-8(3-7)9(11(16)17-10)4-15-6-13-5-14-15;/h1-3,5-6,9,11,16H,4H2;/q-1;+1.